The van der Waals surface area contributed by atoms with Crippen LogP contribution in [-0.4, -0.2) is 50.6 Å². The number of fused-ring (bicyclic) bond motifs is 1. The fourth-order valence-electron chi connectivity index (χ4n) is 2.92. The molecule has 1 aromatic carbocycles. The molecule has 23 heavy (non-hydrogen) atoms. The summed E-state index contributed by atoms with van der Waals surface area (Å²) in [7, 11) is 0. The molecule has 1 aliphatic rings. The largest absolute Gasteiger partial charge is 0.389 e. The number of nitrogens with zero attached hydrogens (tertiary/aromatic N) is 4. The van der Waals surface area contributed by atoms with Crippen molar-refractivity contribution in [2.75, 3.05) is 19.7 Å². The lowest BCUT2D eigenvalue weighted by molar-refractivity contribution is 0.00535. The van der Waals surface area contributed by atoms with Crippen molar-refractivity contribution < 1.29 is 9.84 Å². The molecule has 0 saturated carbocycles. The van der Waals surface area contributed by atoms with Gasteiger partial charge >= 0.3 is 0 Å². The molecule has 0 saturated heterocycles. The molecule has 0 unspecified atom stereocenters. The second-order valence-electron chi connectivity index (χ2n) is 5.93. The van der Waals surface area contributed by atoms with E-state index in [1.54, 1.807) is 0 Å². The SMILES string of the molecule is CCc1nnc2n1CCN(C[C@@H](O)COCc1ccccc1)C2. The molecule has 0 amide bonds. The predicted octanol–water partition coefficient (Wildman–Crippen LogP) is 1.23. The minimum absolute atomic E-state index is 0.346. The number of aliphatic hydroxyl groups excluding tert-OH is 1. The summed E-state index contributed by atoms with van der Waals surface area (Å²) in [5.74, 6) is 2.04. The van der Waals surface area contributed by atoms with Crippen LogP contribution >= 0.6 is 0 Å². The third-order valence-electron chi connectivity index (χ3n) is 4.12. The minimum atomic E-state index is -0.487. The predicted molar refractivity (Wildman–Crippen MR) is 86.8 cm³/mol. The topological polar surface area (TPSA) is 63.4 Å². The van der Waals surface area contributed by atoms with E-state index in [0.717, 1.165) is 43.3 Å². The number of β-amino-alcohol motifs (C(OH)–C–C–N with tert-alkyl or cyclic N) is 1. The van der Waals surface area contributed by atoms with Crippen molar-refractivity contribution in [3.63, 3.8) is 0 Å². The Labute approximate surface area is 136 Å². The second-order valence-corrected chi connectivity index (χ2v) is 5.93. The Morgan fingerprint density at radius 2 is 2.04 bits per heavy atom. The van der Waals surface area contributed by atoms with Gasteiger partial charge in [-0.3, -0.25) is 4.90 Å². The molecule has 0 radical (unpaired) electrons. The van der Waals surface area contributed by atoms with E-state index in [1.165, 1.54) is 0 Å². The average molecular weight is 316 g/mol. The number of aryl methyl sites for hydroxylation is 1. The van der Waals surface area contributed by atoms with Gasteiger partial charge in [0.25, 0.3) is 0 Å². The maximum atomic E-state index is 10.2. The summed E-state index contributed by atoms with van der Waals surface area (Å²) in [5.41, 5.74) is 1.12. The van der Waals surface area contributed by atoms with Gasteiger partial charge in [0.1, 0.15) is 11.6 Å². The Morgan fingerprint density at radius 3 is 2.83 bits per heavy atom. The standard InChI is InChI=1S/C17H24N4O2/c1-2-16-18-19-17-11-20(8-9-21(16)17)10-15(22)13-23-12-14-6-4-3-5-7-14/h3-7,15,22H,2,8-13H2,1H3/t15-/m1/s1. The van der Waals surface area contributed by atoms with Gasteiger partial charge in [0.05, 0.1) is 25.9 Å². The molecule has 1 atom stereocenters. The van der Waals surface area contributed by atoms with Crippen LogP contribution in [0.1, 0.15) is 24.1 Å². The van der Waals surface area contributed by atoms with Gasteiger partial charge in [-0.05, 0) is 5.56 Å². The van der Waals surface area contributed by atoms with Crippen LogP contribution < -0.4 is 0 Å². The van der Waals surface area contributed by atoms with E-state index in [4.69, 9.17) is 4.74 Å². The summed E-state index contributed by atoms with van der Waals surface area (Å²) in [6, 6.07) is 10.0. The number of hydrogen-bond donors (Lipinski definition) is 1. The molecule has 1 aliphatic heterocycles. The molecule has 0 fully saturated rings. The summed E-state index contributed by atoms with van der Waals surface area (Å²) in [6.45, 7) is 6.12. The fraction of sp³-hybridized carbons (Fsp3) is 0.529. The highest BCUT2D eigenvalue weighted by Crippen LogP contribution is 2.13. The Balaban J connectivity index is 1.43. The lowest BCUT2D eigenvalue weighted by Gasteiger charge is -2.29. The van der Waals surface area contributed by atoms with E-state index in [-0.39, 0.29) is 0 Å². The summed E-state index contributed by atoms with van der Waals surface area (Å²) >= 11 is 0. The molecule has 0 bridgehead atoms. The van der Waals surface area contributed by atoms with E-state index in [9.17, 15) is 5.11 Å². The number of rotatable bonds is 7. The summed E-state index contributed by atoms with van der Waals surface area (Å²) in [4.78, 5) is 2.21. The third kappa shape index (κ3) is 4.16. The second kappa shape index (κ2) is 7.68. The summed E-state index contributed by atoms with van der Waals surface area (Å²) in [5, 5.41) is 18.6. The highest BCUT2D eigenvalue weighted by atomic mass is 16.5. The average Bonchev–Trinajstić information content (AvgIpc) is 2.98. The van der Waals surface area contributed by atoms with Gasteiger partial charge in [0, 0.05) is 26.1 Å². The van der Waals surface area contributed by atoms with Gasteiger partial charge in [-0.2, -0.15) is 0 Å². The molecule has 2 heterocycles. The summed E-state index contributed by atoms with van der Waals surface area (Å²) in [6.07, 6.45) is 0.419. The maximum absolute atomic E-state index is 10.2. The Morgan fingerprint density at radius 1 is 1.22 bits per heavy atom. The molecular formula is C17H24N4O2. The molecule has 6 heteroatoms. The molecule has 2 aromatic rings. The van der Waals surface area contributed by atoms with Crippen molar-refractivity contribution in [2.45, 2.75) is 39.1 Å². The first kappa shape index (κ1) is 16.1. The number of aliphatic hydroxyl groups is 1. The molecule has 6 nitrogen and oxygen atoms in total. The van der Waals surface area contributed by atoms with Crippen molar-refractivity contribution in [1.29, 1.82) is 0 Å². The Bertz CT molecular complexity index is 614. The fourth-order valence-corrected chi connectivity index (χ4v) is 2.92. The first-order chi connectivity index (χ1) is 11.3. The smallest absolute Gasteiger partial charge is 0.147 e. The van der Waals surface area contributed by atoms with Crippen molar-refractivity contribution in [3.8, 4) is 0 Å². The van der Waals surface area contributed by atoms with Crippen molar-refractivity contribution in [2.24, 2.45) is 0 Å². The van der Waals surface area contributed by atoms with Crippen LogP contribution in [0.25, 0.3) is 0 Å². The molecular weight excluding hydrogens is 292 g/mol. The van der Waals surface area contributed by atoms with E-state index in [0.29, 0.717) is 19.8 Å². The van der Waals surface area contributed by atoms with Crippen LogP contribution in [0.4, 0.5) is 0 Å². The van der Waals surface area contributed by atoms with Gasteiger partial charge in [-0.1, -0.05) is 37.3 Å². The van der Waals surface area contributed by atoms with Crippen LogP contribution in [0, 0.1) is 0 Å². The van der Waals surface area contributed by atoms with Crippen LogP contribution in [0.2, 0.25) is 0 Å². The van der Waals surface area contributed by atoms with Gasteiger partial charge in [-0.15, -0.1) is 10.2 Å². The molecule has 1 N–H and O–H groups in total. The highest BCUT2D eigenvalue weighted by molar-refractivity contribution is 5.13. The number of benzene rings is 1. The summed E-state index contributed by atoms with van der Waals surface area (Å²) < 4.78 is 7.79. The van der Waals surface area contributed by atoms with Crippen LogP contribution in [0.5, 0.6) is 0 Å². The highest BCUT2D eigenvalue weighted by Gasteiger charge is 2.22. The van der Waals surface area contributed by atoms with Gasteiger partial charge in [0.2, 0.25) is 0 Å². The van der Waals surface area contributed by atoms with Gasteiger partial charge in [-0.25, -0.2) is 0 Å². The maximum Gasteiger partial charge on any atom is 0.147 e. The normalized spacial score (nSPS) is 16.3. The third-order valence-corrected chi connectivity index (χ3v) is 4.12. The number of ether oxygens (including phenoxy) is 1. The number of hydrogen-bond acceptors (Lipinski definition) is 5. The number of aromatic nitrogens is 3. The minimum Gasteiger partial charge on any atom is -0.389 e. The monoisotopic (exact) mass is 316 g/mol. The van der Waals surface area contributed by atoms with Crippen molar-refractivity contribution in [3.05, 3.63) is 47.5 Å². The molecule has 0 spiro atoms. The Kier molecular flexibility index (Phi) is 5.38. The Hall–Kier alpha value is -1.76. The van der Waals surface area contributed by atoms with Crippen LogP contribution in [0.15, 0.2) is 30.3 Å². The quantitative estimate of drug-likeness (QED) is 0.832. The molecule has 124 valence electrons. The lowest BCUT2D eigenvalue weighted by Crippen LogP contribution is -2.40. The molecule has 0 aliphatic carbocycles. The lowest BCUT2D eigenvalue weighted by atomic mass is 10.2. The first-order valence-electron chi connectivity index (χ1n) is 8.19. The van der Waals surface area contributed by atoms with Gasteiger partial charge in [0.15, 0.2) is 0 Å². The first-order valence-corrected chi connectivity index (χ1v) is 8.19. The zero-order valence-corrected chi connectivity index (χ0v) is 13.6. The molecule has 3 rings (SSSR count). The molecule has 1 aromatic heterocycles. The van der Waals surface area contributed by atoms with Crippen molar-refractivity contribution in [1.82, 2.24) is 19.7 Å². The zero-order valence-electron chi connectivity index (χ0n) is 13.6. The van der Waals surface area contributed by atoms with E-state index < -0.39 is 6.10 Å². The van der Waals surface area contributed by atoms with Crippen molar-refractivity contribution >= 4 is 0 Å². The van der Waals surface area contributed by atoms with Crippen LogP contribution in [0.3, 0.4) is 0 Å². The zero-order chi connectivity index (χ0) is 16.1. The van der Waals surface area contributed by atoms with Crippen LogP contribution in [-0.2, 0) is 30.9 Å². The van der Waals surface area contributed by atoms with E-state index >= 15 is 0 Å². The van der Waals surface area contributed by atoms with E-state index in [1.807, 2.05) is 30.3 Å². The van der Waals surface area contributed by atoms with E-state index in [2.05, 4.69) is 26.6 Å². The van der Waals surface area contributed by atoms with Gasteiger partial charge < -0.3 is 14.4 Å².